The third kappa shape index (κ3) is 1.73. The second kappa shape index (κ2) is 4.95. The number of amides is 2. The number of nitrogens with zero attached hydrogens (tertiary/aromatic N) is 2. The molecule has 8 heteroatoms. The maximum absolute atomic E-state index is 13.2. The van der Waals surface area contributed by atoms with Crippen LogP contribution in [0.5, 0.6) is 0 Å². The summed E-state index contributed by atoms with van der Waals surface area (Å²) in [5, 5.41) is 0. The molecule has 6 heterocycles. The van der Waals surface area contributed by atoms with Gasteiger partial charge in [0.25, 0.3) is 11.8 Å². The molecule has 0 radical (unpaired) electrons. The molecular formula is C18H6Br2N2O2S2. The molecule has 4 aliphatic heterocycles. The Kier molecular flexibility index (Phi) is 2.92. The van der Waals surface area contributed by atoms with Crippen LogP contribution < -0.4 is 0 Å². The van der Waals surface area contributed by atoms with Crippen LogP contribution in [0, 0.1) is 0 Å². The average molecular weight is 506 g/mol. The van der Waals surface area contributed by atoms with E-state index >= 15 is 0 Å². The predicted molar refractivity (Wildman–Crippen MR) is 110 cm³/mol. The molecule has 0 atom stereocenters. The molecule has 6 rings (SSSR count). The molecule has 0 aliphatic carbocycles. The van der Waals surface area contributed by atoms with Gasteiger partial charge in [-0.05, 0) is 56.1 Å². The second-order valence-electron chi connectivity index (χ2n) is 6.09. The fraction of sp³-hybridized carbons (Fsp3) is 0. The summed E-state index contributed by atoms with van der Waals surface area (Å²) in [6, 6.07) is 3.96. The topological polar surface area (TPSA) is 40.6 Å². The number of fused-ring (bicyclic) bond motifs is 7. The van der Waals surface area contributed by atoms with Crippen LogP contribution in [-0.2, 0) is 9.59 Å². The number of halogens is 2. The van der Waals surface area contributed by atoms with Crippen molar-refractivity contribution in [3.8, 4) is 0 Å². The third-order valence-corrected chi connectivity index (χ3v) is 8.00. The van der Waals surface area contributed by atoms with Crippen LogP contribution in [0.3, 0.4) is 0 Å². The highest BCUT2D eigenvalue weighted by molar-refractivity contribution is 9.11. The van der Waals surface area contributed by atoms with Gasteiger partial charge in [-0.25, -0.2) is 0 Å². The van der Waals surface area contributed by atoms with Crippen molar-refractivity contribution in [1.29, 1.82) is 0 Å². The van der Waals surface area contributed by atoms with E-state index in [-0.39, 0.29) is 11.8 Å². The Labute approximate surface area is 172 Å². The van der Waals surface area contributed by atoms with Crippen molar-refractivity contribution >= 4 is 89.9 Å². The Morgan fingerprint density at radius 3 is 1.58 bits per heavy atom. The molecule has 2 aromatic heterocycles. The zero-order chi connectivity index (χ0) is 17.7. The number of hydrogen-bond acceptors (Lipinski definition) is 4. The lowest BCUT2D eigenvalue weighted by Gasteiger charge is -2.24. The minimum Gasteiger partial charge on any atom is -0.282 e. The lowest BCUT2D eigenvalue weighted by molar-refractivity contribution is -0.122. The van der Waals surface area contributed by atoms with Gasteiger partial charge in [-0.3, -0.25) is 19.4 Å². The van der Waals surface area contributed by atoms with E-state index in [0.717, 1.165) is 28.5 Å². The smallest absolute Gasteiger partial charge is 0.265 e. The van der Waals surface area contributed by atoms with E-state index in [1.54, 1.807) is 44.9 Å². The van der Waals surface area contributed by atoms with Crippen molar-refractivity contribution in [2.45, 2.75) is 0 Å². The van der Waals surface area contributed by atoms with Crippen LogP contribution in [0.25, 0.3) is 23.5 Å². The number of hydrogen-bond donors (Lipinski definition) is 0. The average Bonchev–Trinajstić information content (AvgIpc) is 3.30. The molecule has 2 aromatic rings. The number of thiophene rings is 2. The zero-order valence-corrected chi connectivity index (χ0v) is 17.6. The normalized spacial score (nSPS) is 19.3. The maximum atomic E-state index is 13.2. The van der Waals surface area contributed by atoms with Crippen molar-refractivity contribution in [3.63, 3.8) is 0 Å². The lowest BCUT2D eigenvalue weighted by atomic mass is 10.0. The Morgan fingerprint density at radius 2 is 1.15 bits per heavy atom. The minimum absolute atomic E-state index is 0.145. The van der Waals surface area contributed by atoms with Crippen LogP contribution in [-0.4, -0.2) is 21.6 Å². The minimum atomic E-state index is -0.145. The van der Waals surface area contributed by atoms with E-state index in [1.807, 2.05) is 24.3 Å². The van der Waals surface area contributed by atoms with Gasteiger partial charge in [0, 0.05) is 33.3 Å². The summed E-state index contributed by atoms with van der Waals surface area (Å²) in [5.74, 6) is -0.290. The molecule has 0 spiro atoms. The van der Waals surface area contributed by atoms with Gasteiger partial charge in [-0.2, -0.15) is 0 Å². The van der Waals surface area contributed by atoms with Gasteiger partial charge in [0.15, 0.2) is 0 Å². The Balaban J connectivity index is 1.71. The van der Waals surface area contributed by atoms with Crippen LogP contribution in [0.4, 0.5) is 0 Å². The highest BCUT2D eigenvalue weighted by atomic mass is 79.9. The molecule has 4 aliphatic rings. The summed E-state index contributed by atoms with van der Waals surface area (Å²) >= 11 is 10.2. The van der Waals surface area contributed by atoms with E-state index in [1.165, 1.54) is 0 Å². The van der Waals surface area contributed by atoms with Crippen molar-refractivity contribution in [2.24, 2.45) is 0 Å². The molecule has 0 fully saturated rings. The van der Waals surface area contributed by atoms with Crippen LogP contribution in [0.15, 0.2) is 43.3 Å². The first kappa shape index (κ1) is 15.3. The van der Waals surface area contributed by atoms with Gasteiger partial charge in [-0.1, -0.05) is 0 Å². The molecule has 0 bridgehead atoms. The van der Waals surface area contributed by atoms with Crippen LogP contribution in [0.2, 0.25) is 0 Å². The van der Waals surface area contributed by atoms with E-state index in [4.69, 9.17) is 0 Å². The first-order valence-corrected chi connectivity index (χ1v) is 10.9. The van der Waals surface area contributed by atoms with E-state index in [2.05, 4.69) is 31.9 Å². The Bertz CT molecular complexity index is 1120. The van der Waals surface area contributed by atoms with Gasteiger partial charge in [0.2, 0.25) is 0 Å². The SMILES string of the molecule is O=C1C2=C3c4cc(Br)sc4C=CN3C(=O)C2=C2c3cc(Br)sc3C=CN12. The van der Waals surface area contributed by atoms with Crippen LogP contribution in [0.1, 0.15) is 20.9 Å². The Hall–Kier alpha value is -1.74. The Morgan fingerprint density at radius 1 is 0.731 bits per heavy atom. The third-order valence-electron chi connectivity index (χ3n) is 4.79. The summed E-state index contributed by atoms with van der Waals surface area (Å²) in [6.07, 6.45) is 7.38. The van der Waals surface area contributed by atoms with Gasteiger partial charge in [-0.15, -0.1) is 22.7 Å². The van der Waals surface area contributed by atoms with E-state index in [0.29, 0.717) is 22.5 Å². The highest BCUT2D eigenvalue weighted by Gasteiger charge is 2.50. The summed E-state index contributed by atoms with van der Waals surface area (Å²) in [7, 11) is 0. The summed E-state index contributed by atoms with van der Waals surface area (Å²) in [5.41, 5.74) is 4.24. The molecule has 0 saturated carbocycles. The predicted octanol–water partition coefficient (Wildman–Crippen LogP) is 5.11. The first-order valence-electron chi connectivity index (χ1n) is 7.66. The number of carbonyl (C=O) groups is 2. The first-order chi connectivity index (χ1) is 12.5. The van der Waals surface area contributed by atoms with Crippen molar-refractivity contribution < 1.29 is 9.59 Å². The quantitative estimate of drug-likeness (QED) is 0.499. The van der Waals surface area contributed by atoms with Crippen molar-refractivity contribution in [1.82, 2.24) is 9.80 Å². The fourth-order valence-corrected chi connectivity index (χ4v) is 6.87. The summed E-state index contributed by atoms with van der Waals surface area (Å²) in [6.45, 7) is 0. The van der Waals surface area contributed by atoms with E-state index < -0.39 is 0 Å². The molecule has 0 N–H and O–H groups in total. The molecule has 0 saturated heterocycles. The fourth-order valence-electron chi connectivity index (χ4n) is 3.80. The molecular weight excluding hydrogens is 500 g/mol. The molecule has 126 valence electrons. The molecule has 26 heavy (non-hydrogen) atoms. The molecule has 0 unspecified atom stereocenters. The van der Waals surface area contributed by atoms with Gasteiger partial charge in [0.1, 0.15) is 0 Å². The largest absolute Gasteiger partial charge is 0.282 e. The maximum Gasteiger partial charge on any atom is 0.265 e. The molecule has 4 nitrogen and oxygen atoms in total. The van der Waals surface area contributed by atoms with Gasteiger partial charge >= 0.3 is 0 Å². The van der Waals surface area contributed by atoms with Crippen molar-refractivity contribution in [2.75, 3.05) is 0 Å². The zero-order valence-electron chi connectivity index (χ0n) is 12.7. The summed E-state index contributed by atoms with van der Waals surface area (Å²) < 4.78 is 1.95. The standard InChI is InChI=1S/C18H6Br2N2O2S2/c19-11-5-7-9(25-11)1-3-21-15(7)13-14(17(21)23)16-8-6-12(20)26-10(8)2-4-22(16)18(13)24/h1-6H. The molecule has 0 aromatic carbocycles. The monoisotopic (exact) mass is 504 g/mol. The lowest BCUT2D eigenvalue weighted by Crippen LogP contribution is -2.26. The van der Waals surface area contributed by atoms with Gasteiger partial charge in [0.05, 0.1) is 30.1 Å². The van der Waals surface area contributed by atoms with Gasteiger partial charge < -0.3 is 0 Å². The number of carbonyl (C=O) groups excluding carboxylic acids is 2. The summed E-state index contributed by atoms with van der Waals surface area (Å²) in [4.78, 5) is 31.7. The van der Waals surface area contributed by atoms with E-state index in [9.17, 15) is 9.59 Å². The molecule has 2 amide bonds. The number of rotatable bonds is 0. The highest BCUT2D eigenvalue weighted by Crippen LogP contribution is 2.52. The van der Waals surface area contributed by atoms with Crippen molar-refractivity contribution in [3.05, 3.63) is 64.1 Å². The van der Waals surface area contributed by atoms with Crippen LogP contribution >= 0.6 is 54.5 Å². The second-order valence-corrected chi connectivity index (χ2v) is 11.0.